The number of unbranched alkanes of at least 4 members (excludes halogenated alkanes) is 11. The van der Waals surface area contributed by atoms with E-state index in [-0.39, 0.29) is 17.5 Å². The van der Waals surface area contributed by atoms with Crippen LogP contribution in [0, 0.1) is 0 Å². The SMILES string of the molecule is CCCCCCCCCCCCCCC(=O)OCCc1ccc(O)c(O)c1. The first-order valence-electron chi connectivity index (χ1n) is 10.8. The fraction of sp³-hybridized carbons (Fsp3) is 0.696. The number of ether oxygens (including phenoxy) is 1. The second kappa shape index (κ2) is 15.4. The molecule has 2 N–H and O–H groups in total. The van der Waals surface area contributed by atoms with Crippen molar-refractivity contribution in [3.63, 3.8) is 0 Å². The molecule has 4 nitrogen and oxygen atoms in total. The van der Waals surface area contributed by atoms with Crippen molar-refractivity contribution in [1.29, 1.82) is 0 Å². The van der Waals surface area contributed by atoms with Crippen molar-refractivity contribution in [2.45, 2.75) is 96.8 Å². The monoisotopic (exact) mass is 378 g/mol. The van der Waals surface area contributed by atoms with Gasteiger partial charge < -0.3 is 14.9 Å². The Hall–Kier alpha value is -1.71. The molecule has 0 aromatic heterocycles. The van der Waals surface area contributed by atoms with Gasteiger partial charge in [-0.2, -0.15) is 0 Å². The molecular weight excluding hydrogens is 340 g/mol. The minimum absolute atomic E-state index is 0.136. The fourth-order valence-corrected chi connectivity index (χ4v) is 3.19. The van der Waals surface area contributed by atoms with Gasteiger partial charge in [-0.15, -0.1) is 0 Å². The molecule has 4 heteroatoms. The molecule has 0 aliphatic carbocycles. The molecular formula is C23H38O4. The Kier molecular flexibility index (Phi) is 13.3. The summed E-state index contributed by atoms with van der Waals surface area (Å²) in [6.45, 7) is 2.56. The highest BCUT2D eigenvalue weighted by Crippen LogP contribution is 2.25. The maximum atomic E-state index is 11.7. The minimum Gasteiger partial charge on any atom is -0.504 e. The van der Waals surface area contributed by atoms with Gasteiger partial charge in [0, 0.05) is 12.8 Å². The van der Waals surface area contributed by atoms with Crippen molar-refractivity contribution in [1.82, 2.24) is 0 Å². The van der Waals surface area contributed by atoms with Crippen LogP contribution in [0.5, 0.6) is 11.5 Å². The van der Waals surface area contributed by atoms with E-state index >= 15 is 0 Å². The fourth-order valence-electron chi connectivity index (χ4n) is 3.19. The molecule has 0 aliphatic rings. The summed E-state index contributed by atoms with van der Waals surface area (Å²) in [5.74, 6) is -0.428. The quantitative estimate of drug-likeness (QED) is 0.202. The van der Waals surface area contributed by atoms with E-state index in [0.717, 1.165) is 18.4 Å². The van der Waals surface area contributed by atoms with E-state index in [4.69, 9.17) is 4.74 Å². The zero-order valence-corrected chi connectivity index (χ0v) is 17.0. The summed E-state index contributed by atoms with van der Waals surface area (Å²) in [5.41, 5.74) is 0.837. The molecule has 0 saturated carbocycles. The molecule has 0 radical (unpaired) electrons. The summed E-state index contributed by atoms with van der Waals surface area (Å²) < 4.78 is 5.23. The number of rotatable bonds is 16. The van der Waals surface area contributed by atoms with Gasteiger partial charge in [-0.1, -0.05) is 83.6 Å². The summed E-state index contributed by atoms with van der Waals surface area (Å²) in [6.07, 6.45) is 16.4. The maximum absolute atomic E-state index is 11.7. The molecule has 1 rings (SSSR count). The van der Waals surface area contributed by atoms with Crippen LogP contribution in [-0.4, -0.2) is 22.8 Å². The van der Waals surface area contributed by atoms with Crippen LogP contribution in [0.15, 0.2) is 18.2 Å². The molecule has 0 spiro atoms. The van der Waals surface area contributed by atoms with Crippen molar-refractivity contribution in [2.75, 3.05) is 6.61 Å². The van der Waals surface area contributed by atoms with E-state index in [1.807, 2.05) is 0 Å². The summed E-state index contributed by atoms with van der Waals surface area (Å²) >= 11 is 0. The molecule has 1 aromatic carbocycles. The van der Waals surface area contributed by atoms with E-state index in [1.165, 1.54) is 76.3 Å². The number of phenolic OH excluding ortho intramolecular Hbond substituents is 2. The Morgan fingerprint density at radius 2 is 1.37 bits per heavy atom. The Morgan fingerprint density at radius 1 is 0.815 bits per heavy atom. The molecule has 27 heavy (non-hydrogen) atoms. The lowest BCUT2D eigenvalue weighted by Crippen LogP contribution is -2.07. The third-order valence-electron chi connectivity index (χ3n) is 4.93. The van der Waals surface area contributed by atoms with E-state index in [9.17, 15) is 15.0 Å². The highest BCUT2D eigenvalue weighted by Gasteiger charge is 2.05. The predicted octanol–water partition coefficient (Wildman–Crippen LogP) is 6.27. The first kappa shape index (κ1) is 23.3. The lowest BCUT2D eigenvalue weighted by atomic mass is 10.0. The Labute approximate surface area is 164 Å². The van der Waals surface area contributed by atoms with Gasteiger partial charge in [-0.25, -0.2) is 0 Å². The summed E-state index contributed by atoms with van der Waals surface area (Å²) in [7, 11) is 0. The first-order chi connectivity index (χ1) is 13.1. The Morgan fingerprint density at radius 3 is 1.93 bits per heavy atom. The molecule has 0 saturated heterocycles. The van der Waals surface area contributed by atoms with Gasteiger partial charge in [0.2, 0.25) is 0 Å². The van der Waals surface area contributed by atoms with Gasteiger partial charge in [-0.3, -0.25) is 4.79 Å². The van der Waals surface area contributed by atoms with E-state index < -0.39 is 0 Å². The maximum Gasteiger partial charge on any atom is 0.305 e. The molecule has 0 atom stereocenters. The zero-order valence-electron chi connectivity index (χ0n) is 17.0. The molecule has 0 aliphatic heterocycles. The number of hydrogen-bond acceptors (Lipinski definition) is 4. The van der Waals surface area contributed by atoms with Crippen LogP contribution in [0.1, 0.15) is 96.0 Å². The van der Waals surface area contributed by atoms with Crippen LogP contribution in [0.25, 0.3) is 0 Å². The van der Waals surface area contributed by atoms with Crippen LogP contribution in [0.2, 0.25) is 0 Å². The van der Waals surface area contributed by atoms with E-state index in [2.05, 4.69) is 6.92 Å². The van der Waals surface area contributed by atoms with Crippen molar-refractivity contribution < 1.29 is 19.7 Å². The largest absolute Gasteiger partial charge is 0.504 e. The lowest BCUT2D eigenvalue weighted by Gasteiger charge is -2.06. The molecule has 1 aromatic rings. The zero-order chi connectivity index (χ0) is 19.7. The predicted molar refractivity (Wildman–Crippen MR) is 110 cm³/mol. The number of carbonyl (C=O) groups excluding carboxylic acids is 1. The smallest absolute Gasteiger partial charge is 0.305 e. The van der Waals surface area contributed by atoms with Gasteiger partial charge in [0.15, 0.2) is 11.5 Å². The van der Waals surface area contributed by atoms with E-state index in [0.29, 0.717) is 19.4 Å². The van der Waals surface area contributed by atoms with Crippen LogP contribution in [-0.2, 0) is 16.0 Å². The Bertz CT molecular complexity index is 513. The molecule has 154 valence electrons. The minimum atomic E-state index is -0.148. The summed E-state index contributed by atoms with van der Waals surface area (Å²) in [4.78, 5) is 11.7. The molecule has 0 unspecified atom stereocenters. The third kappa shape index (κ3) is 12.3. The van der Waals surface area contributed by atoms with Crippen molar-refractivity contribution in [2.24, 2.45) is 0 Å². The van der Waals surface area contributed by atoms with Crippen molar-refractivity contribution in [3.05, 3.63) is 23.8 Å². The third-order valence-corrected chi connectivity index (χ3v) is 4.93. The Balaban J connectivity index is 1.89. The molecule has 0 amide bonds. The van der Waals surface area contributed by atoms with Crippen LogP contribution in [0.4, 0.5) is 0 Å². The van der Waals surface area contributed by atoms with Crippen LogP contribution < -0.4 is 0 Å². The number of carbonyl (C=O) groups is 1. The second-order valence-electron chi connectivity index (χ2n) is 7.43. The van der Waals surface area contributed by atoms with Gasteiger partial charge in [0.1, 0.15) is 0 Å². The topological polar surface area (TPSA) is 66.8 Å². The average molecular weight is 379 g/mol. The summed E-state index contributed by atoms with van der Waals surface area (Å²) in [5, 5.41) is 18.7. The highest BCUT2D eigenvalue weighted by atomic mass is 16.5. The van der Waals surface area contributed by atoms with Gasteiger partial charge in [0.25, 0.3) is 0 Å². The van der Waals surface area contributed by atoms with Gasteiger partial charge >= 0.3 is 5.97 Å². The second-order valence-corrected chi connectivity index (χ2v) is 7.43. The highest BCUT2D eigenvalue weighted by molar-refractivity contribution is 5.69. The number of benzene rings is 1. The average Bonchev–Trinajstić information content (AvgIpc) is 2.65. The summed E-state index contributed by atoms with van der Waals surface area (Å²) in [6, 6.07) is 4.65. The molecule has 0 fully saturated rings. The van der Waals surface area contributed by atoms with E-state index in [1.54, 1.807) is 6.07 Å². The number of hydrogen-bond donors (Lipinski definition) is 2. The number of phenols is 2. The number of esters is 1. The standard InChI is InChI=1S/C23H38O4/c1-2-3-4-5-6-7-8-9-10-11-12-13-14-23(26)27-18-17-20-15-16-21(24)22(25)19-20/h15-16,19,24-25H,2-14,17-18H2,1H3. The van der Waals surface area contributed by atoms with Crippen LogP contribution in [0.3, 0.4) is 0 Å². The first-order valence-corrected chi connectivity index (χ1v) is 10.8. The number of aromatic hydroxyl groups is 2. The van der Waals surface area contributed by atoms with Crippen molar-refractivity contribution >= 4 is 5.97 Å². The molecule has 0 heterocycles. The van der Waals surface area contributed by atoms with Crippen LogP contribution >= 0.6 is 0 Å². The lowest BCUT2D eigenvalue weighted by molar-refractivity contribution is -0.143. The van der Waals surface area contributed by atoms with Gasteiger partial charge in [0.05, 0.1) is 6.61 Å². The molecule has 0 bridgehead atoms. The van der Waals surface area contributed by atoms with Gasteiger partial charge in [-0.05, 0) is 24.1 Å². The van der Waals surface area contributed by atoms with Crippen molar-refractivity contribution in [3.8, 4) is 11.5 Å². The normalized spacial score (nSPS) is 10.9.